The lowest BCUT2D eigenvalue weighted by Gasteiger charge is -2.09. The molecule has 1 aromatic rings. The van der Waals surface area contributed by atoms with Crippen LogP contribution in [0.3, 0.4) is 0 Å². The highest BCUT2D eigenvalue weighted by Gasteiger charge is 2.19. The molecule has 82 valence electrons. The summed E-state index contributed by atoms with van der Waals surface area (Å²) in [5.74, 6) is -0.790. The molecule has 0 unspecified atom stereocenters. The van der Waals surface area contributed by atoms with Crippen molar-refractivity contribution >= 4 is 11.6 Å². The molecule has 0 heterocycles. The van der Waals surface area contributed by atoms with Crippen molar-refractivity contribution in [1.82, 2.24) is 0 Å². The lowest BCUT2D eigenvalue weighted by atomic mass is 9.92. The second kappa shape index (κ2) is 5.22. The van der Waals surface area contributed by atoms with Gasteiger partial charge in [-0.25, -0.2) is 0 Å². The van der Waals surface area contributed by atoms with Crippen molar-refractivity contribution in [3.05, 3.63) is 35.4 Å². The van der Waals surface area contributed by atoms with Crippen molar-refractivity contribution in [3.8, 4) is 6.07 Å². The Morgan fingerprint density at radius 1 is 1.19 bits per heavy atom. The fourth-order valence-electron chi connectivity index (χ4n) is 1.52. The van der Waals surface area contributed by atoms with Gasteiger partial charge in [0.25, 0.3) is 0 Å². The standard InChI is InChI=1S/C13H13NO2/c1-9(15)13(10(2)16)7-11-3-5-12(8-14)6-4-11/h3-6,13H,7H2,1-2H3. The minimum absolute atomic E-state index is 0.114. The Kier molecular flexibility index (Phi) is 3.96. The van der Waals surface area contributed by atoms with Gasteiger partial charge in [-0.3, -0.25) is 9.59 Å². The van der Waals surface area contributed by atoms with Crippen LogP contribution in [0.5, 0.6) is 0 Å². The smallest absolute Gasteiger partial charge is 0.140 e. The Morgan fingerprint density at radius 2 is 1.69 bits per heavy atom. The van der Waals surface area contributed by atoms with Crippen molar-refractivity contribution in [2.24, 2.45) is 5.92 Å². The molecule has 0 aliphatic carbocycles. The Labute approximate surface area is 94.7 Å². The minimum Gasteiger partial charge on any atom is -0.299 e. The van der Waals surface area contributed by atoms with E-state index < -0.39 is 5.92 Å². The lowest BCUT2D eigenvalue weighted by molar-refractivity contribution is -0.130. The number of carbonyl (C=O) groups excluding carboxylic acids is 2. The quantitative estimate of drug-likeness (QED) is 0.721. The third-order valence-corrected chi connectivity index (χ3v) is 2.50. The zero-order valence-electron chi connectivity index (χ0n) is 9.36. The molecule has 0 N–H and O–H groups in total. The van der Waals surface area contributed by atoms with Crippen molar-refractivity contribution in [2.45, 2.75) is 20.3 Å². The molecule has 16 heavy (non-hydrogen) atoms. The van der Waals surface area contributed by atoms with Gasteiger partial charge in [0.2, 0.25) is 0 Å². The number of carbonyl (C=O) groups is 2. The number of hydrogen-bond donors (Lipinski definition) is 0. The molecule has 0 amide bonds. The number of benzene rings is 1. The van der Waals surface area contributed by atoms with Crippen LogP contribution >= 0.6 is 0 Å². The maximum atomic E-state index is 11.2. The molecule has 1 aromatic carbocycles. The summed E-state index contributed by atoms with van der Waals surface area (Å²) in [6.07, 6.45) is 0.413. The lowest BCUT2D eigenvalue weighted by Crippen LogP contribution is -2.21. The number of nitrogens with zero attached hydrogens (tertiary/aromatic N) is 1. The highest BCUT2D eigenvalue weighted by Crippen LogP contribution is 2.12. The summed E-state index contributed by atoms with van der Waals surface area (Å²) < 4.78 is 0. The van der Waals surface area contributed by atoms with E-state index in [9.17, 15) is 9.59 Å². The second-order valence-electron chi connectivity index (χ2n) is 3.79. The molecule has 0 aromatic heterocycles. The average molecular weight is 215 g/mol. The van der Waals surface area contributed by atoms with Crippen molar-refractivity contribution in [1.29, 1.82) is 5.26 Å². The normalized spacial score (nSPS) is 9.88. The van der Waals surface area contributed by atoms with E-state index in [1.807, 2.05) is 6.07 Å². The first-order valence-corrected chi connectivity index (χ1v) is 5.04. The van der Waals surface area contributed by atoms with Gasteiger partial charge in [0.15, 0.2) is 0 Å². The third kappa shape index (κ3) is 3.03. The van der Waals surface area contributed by atoms with E-state index in [0.717, 1.165) is 5.56 Å². The molecular formula is C13H13NO2. The van der Waals surface area contributed by atoms with E-state index in [0.29, 0.717) is 12.0 Å². The summed E-state index contributed by atoms with van der Waals surface area (Å²) in [5.41, 5.74) is 1.47. The van der Waals surface area contributed by atoms with Crippen LogP contribution in [0.4, 0.5) is 0 Å². The van der Waals surface area contributed by atoms with Crippen LogP contribution in [0.25, 0.3) is 0 Å². The van der Waals surface area contributed by atoms with Gasteiger partial charge >= 0.3 is 0 Å². The molecule has 0 saturated heterocycles. The van der Waals surface area contributed by atoms with Crippen molar-refractivity contribution in [2.75, 3.05) is 0 Å². The SMILES string of the molecule is CC(=O)C(Cc1ccc(C#N)cc1)C(C)=O. The first-order valence-electron chi connectivity index (χ1n) is 5.04. The van der Waals surface area contributed by atoms with Gasteiger partial charge in [-0.1, -0.05) is 12.1 Å². The number of nitriles is 1. The fraction of sp³-hybridized carbons (Fsp3) is 0.308. The highest BCUT2D eigenvalue weighted by atomic mass is 16.1. The van der Waals surface area contributed by atoms with Crippen LogP contribution < -0.4 is 0 Å². The Bertz CT molecular complexity index is 426. The molecule has 0 radical (unpaired) electrons. The van der Waals surface area contributed by atoms with Crippen molar-refractivity contribution in [3.63, 3.8) is 0 Å². The van der Waals surface area contributed by atoms with Crippen LogP contribution in [0.2, 0.25) is 0 Å². The van der Waals surface area contributed by atoms with E-state index in [4.69, 9.17) is 5.26 Å². The van der Waals surface area contributed by atoms with Crippen LogP contribution in [0.1, 0.15) is 25.0 Å². The molecule has 0 atom stereocenters. The van der Waals surface area contributed by atoms with E-state index in [1.165, 1.54) is 13.8 Å². The maximum Gasteiger partial charge on any atom is 0.140 e. The van der Waals surface area contributed by atoms with Crippen LogP contribution in [-0.2, 0) is 16.0 Å². The van der Waals surface area contributed by atoms with Crippen LogP contribution in [0, 0.1) is 17.2 Å². The van der Waals surface area contributed by atoms with Gasteiger partial charge < -0.3 is 0 Å². The molecule has 0 spiro atoms. The molecular weight excluding hydrogens is 202 g/mol. The number of rotatable bonds is 4. The second-order valence-corrected chi connectivity index (χ2v) is 3.79. The van der Waals surface area contributed by atoms with Crippen molar-refractivity contribution < 1.29 is 9.59 Å². The molecule has 0 aliphatic heterocycles. The molecule has 0 saturated carbocycles. The van der Waals surface area contributed by atoms with E-state index in [-0.39, 0.29) is 11.6 Å². The first-order chi connectivity index (χ1) is 7.54. The largest absolute Gasteiger partial charge is 0.299 e. The zero-order valence-corrected chi connectivity index (χ0v) is 9.36. The number of ketones is 2. The Hall–Kier alpha value is -1.95. The van der Waals surface area contributed by atoms with E-state index in [2.05, 4.69) is 0 Å². The topological polar surface area (TPSA) is 57.9 Å². The van der Waals surface area contributed by atoms with Crippen LogP contribution in [-0.4, -0.2) is 11.6 Å². The molecule has 1 rings (SSSR count). The van der Waals surface area contributed by atoms with Gasteiger partial charge in [0.05, 0.1) is 17.6 Å². The van der Waals surface area contributed by atoms with Gasteiger partial charge in [0, 0.05) is 0 Å². The van der Waals surface area contributed by atoms with E-state index >= 15 is 0 Å². The summed E-state index contributed by atoms with van der Waals surface area (Å²) in [7, 11) is 0. The zero-order chi connectivity index (χ0) is 12.1. The number of Topliss-reactive ketones (excluding diaryl/α,β-unsaturated/α-hetero) is 2. The summed E-state index contributed by atoms with van der Waals surface area (Å²) in [6.45, 7) is 2.85. The summed E-state index contributed by atoms with van der Waals surface area (Å²) in [4.78, 5) is 22.5. The summed E-state index contributed by atoms with van der Waals surface area (Å²) in [6, 6.07) is 8.94. The number of hydrogen-bond acceptors (Lipinski definition) is 3. The van der Waals surface area contributed by atoms with Crippen LogP contribution in [0.15, 0.2) is 24.3 Å². The molecule has 0 aliphatic rings. The molecule has 3 nitrogen and oxygen atoms in total. The fourth-order valence-corrected chi connectivity index (χ4v) is 1.52. The predicted octanol–water partition coefficient (Wildman–Crippen LogP) is 1.89. The monoisotopic (exact) mass is 215 g/mol. The van der Waals surface area contributed by atoms with E-state index in [1.54, 1.807) is 24.3 Å². The first kappa shape index (κ1) is 12.1. The highest BCUT2D eigenvalue weighted by molar-refractivity contribution is 6.00. The molecule has 3 heteroatoms. The minimum atomic E-state index is -0.562. The van der Waals surface area contributed by atoms with Gasteiger partial charge in [-0.05, 0) is 38.0 Å². The maximum absolute atomic E-state index is 11.2. The predicted molar refractivity (Wildman–Crippen MR) is 59.7 cm³/mol. The molecule has 0 fully saturated rings. The van der Waals surface area contributed by atoms with Gasteiger partial charge in [-0.15, -0.1) is 0 Å². The average Bonchev–Trinajstić information content (AvgIpc) is 2.25. The third-order valence-electron chi connectivity index (χ3n) is 2.50. The Morgan fingerprint density at radius 3 is 2.06 bits per heavy atom. The molecule has 0 bridgehead atoms. The Balaban J connectivity index is 2.83. The summed E-state index contributed by atoms with van der Waals surface area (Å²) in [5, 5.41) is 8.63. The van der Waals surface area contributed by atoms with Gasteiger partial charge in [0.1, 0.15) is 11.6 Å². The summed E-state index contributed by atoms with van der Waals surface area (Å²) >= 11 is 0. The van der Waals surface area contributed by atoms with Gasteiger partial charge in [-0.2, -0.15) is 5.26 Å².